The summed E-state index contributed by atoms with van der Waals surface area (Å²) >= 11 is 3.39. The average Bonchev–Trinajstić information content (AvgIpc) is 2.48. The summed E-state index contributed by atoms with van der Waals surface area (Å²) in [6, 6.07) is 7.52. The number of benzene rings is 1. The van der Waals surface area contributed by atoms with Crippen molar-refractivity contribution in [3.63, 3.8) is 0 Å². The van der Waals surface area contributed by atoms with Crippen LogP contribution in [0.5, 0.6) is 5.75 Å². The molecule has 0 aliphatic carbocycles. The predicted molar refractivity (Wildman–Crippen MR) is 87.5 cm³/mol. The molecular weight excluding hydrogens is 332 g/mol. The third kappa shape index (κ3) is 5.67. The molecule has 1 saturated heterocycles. The summed E-state index contributed by atoms with van der Waals surface area (Å²) < 4.78 is 6.59. The number of carbonyl (C=O) groups is 1. The maximum atomic E-state index is 12.0. The first-order chi connectivity index (χ1) is 10.1. The van der Waals surface area contributed by atoms with Crippen LogP contribution in [0.25, 0.3) is 0 Å². The van der Waals surface area contributed by atoms with E-state index in [1.807, 2.05) is 24.3 Å². The van der Waals surface area contributed by atoms with Crippen molar-refractivity contribution in [2.45, 2.75) is 32.3 Å². The molecule has 0 bridgehead atoms. The average molecular weight is 355 g/mol. The number of rotatable bonds is 6. The van der Waals surface area contributed by atoms with Gasteiger partial charge in [0.15, 0.2) is 6.10 Å². The van der Waals surface area contributed by atoms with E-state index in [0.717, 1.165) is 30.5 Å². The second kappa shape index (κ2) is 8.39. The molecule has 2 unspecified atom stereocenters. The second-order valence-electron chi connectivity index (χ2n) is 5.51. The smallest absolute Gasteiger partial charge is 0.260 e. The first-order valence-corrected chi connectivity index (χ1v) is 8.35. The normalized spacial score (nSPS) is 19.8. The van der Waals surface area contributed by atoms with E-state index in [0.29, 0.717) is 11.7 Å². The van der Waals surface area contributed by atoms with Gasteiger partial charge in [-0.05, 0) is 63.4 Å². The van der Waals surface area contributed by atoms with E-state index in [9.17, 15) is 4.79 Å². The molecule has 21 heavy (non-hydrogen) atoms. The number of carbonyl (C=O) groups excluding carboxylic acids is 1. The Hall–Kier alpha value is -1.07. The highest BCUT2D eigenvalue weighted by Gasteiger charge is 2.16. The Morgan fingerprint density at radius 1 is 1.57 bits per heavy atom. The van der Waals surface area contributed by atoms with Crippen molar-refractivity contribution in [2.24, 2.45) is 5.92 Å². The van der Waals surface area contributed by atoms with Crippen LogP contribution in [0.3, 0.4) is 0 Å². The number of halogens is 1. The van der Waals surface area contributed by atoms with Gasteiger partial charge in [0.1, 0.15) is 5.75 Å². The molecule has 1 aromatic carbocycles. The number of amides is 1. The lowest BCUT2D eigenvalue weighted by Gasteiger charge is -2.23. The molecule has 1 aliphatic rings. The van der Waals surface area contributed by atoms with Crippen LogP contribution >= 0.6 is 15.9 Å². The van der Waals surface area contributed by atoms with Crippen LogP contribution in [0.1, 0.15) is 26.2 Å². The quantitative estimate of drug-likeness (QED) is 0.825. The fourth-order valence-corrected chi connectivity index (χ4v) is 2.89. The Kier molecular flexibility index (Phi) is 6.51. The number of piperidine rings is 1. The monoisotopic (exact) mass is 354 g/mol. The zero-order valence-electron chi connectivity index (χ0n) is 12.4. The van der Waals surface area contributed by atoms with Crippen LogP contribution in [-0.2, 0) is 4.79 Å². The Morgan fingerprint density at radius 3 is 3.14 bits per heavy atom. The molecule has 116 valence electrons. The minimum atomic E-state index is -0.483. The molecule has 1 amide bonds. The molecule has 1 aliphatic heterocycles. The summed E-state index contributed by atoms with van der Waals surface area (Å²) in [5.74, 6) is 1.32. The van der Waals surface area contributed by atoms with Crippen molar-refractivity contribution in [3.05, 3.63) is 28.7 Å². The molecule has 0 spiro atoms. The topological polar surface area (TPSA) is 50.4 Å². The van der Waals surface area contributed by atoms with Gasteiger partial charge in [0.05, 0.1) is 0 Å². The summed E-state index contributed by atoms with van der Waals surface area (Å²) in [5.41, 5.74) is 0. The van der Waals surface area contributed by atoms with Gasteiger partial charge in [-0.3, -0.25) is 4.79 Å². The van der Waals surface area contributed by atoms with Gasteiger partial charge in [-0.25, -0.2) is 0 Å². The number of ether oxygens (including phenoxy) is 1. The predicted octanol–water partition coefficient (Wildman–Crippen LogP) is 2.72. The van der Waals surface area contributed by atoms with Crippen LogP contribution in [0.4, 0.5) is 0 Å². The van der Waals surface area contributed by atoms with E-state index in [4.69, 9.17) is 4.74 Å². The van der Waals surface area contributed by atoms with E-state index >= 15 is 0 Å². The molecule has 0 saturated carbocycles. The summed E-state index contributed by atoms with van der Waals surface area (Å²) in [6.07, 6.45) is 3.04. The van der Waals surface area contributed by atoms with Crippen LogP contribution in [0, 0.1) is 5.92 Å². The fourth-order valence-electron chi connectivity index (χ4n) is 2.51. The Bertz CT molecular complexity index is 461. The SMILES string of the molecule is CC(Oc1cccc(Br)c1)C(=O)NCCC1CCCNC1. The summed E-state index contributed by atoms with van der Waals surface area (Å²) in [5, 5.41) is 6.35. The molecule has 2 atom stereocenters. The molecule has 2 rings (SSSR count). The first kappa shape index (κ1) is 16.3. The molecule has 0 radical (unpaired) electrons. The minimum Gasteiger partial charge on any atom is -0.481 e. The standard InChI is InChI=1S/C16H23BrN2O2/c1-12(21-15-6-2-5-14(17)10-15)16(20)19-9-7-13-4-3-8-18-11-13/h2,5-6,10,12-13,18H,3-4,7-9,11H2,1H3,(H,19,20). The molecule has 4 nitrogen and oxygen atoms in total. The third-order valence-corrected chi connectivity index (χ3v) is 4.22. The van der Waals surface area contributed by atoms with E-state index in [1.54, 1.807) is 6.92 Å². The molecule has 2 N–H and O–H groups in total. The van der Waals surface area contributed by atoms with Crippen molar-refractivity contribution < 1.29 is 9.53 Å². The highest BCUT2D eigenvalue weighted by molar-refractivity contribution is 9.10. The van der Waals surface area contributed by atoms with Crippen LogP contribution in [0.15, 0.2) is 28.7 Å². The lowest BCUT2D eigenvalue weighted by molar-refractivity contribution is -0.127. The molecule has 1 aromatic rings. The molecular formula is C16H23BrN2O2. The maximum Gasteiger partial charge on any atom is 0.260 e. The zero-order valence-corrected chi connectivity index (χ0v) is 14.0. The molecule has 0 aromatic heterocycles. The molecule has 1 heterocycles. The highest BCUT2D eigenvalue weighted by Crippen LogP contribution is 2.19. The van der Waals surface area contributed by atoms with E-state index in [2.05, 4.69) is 26.6 Å². The van der Waals surface area contributed by atoms with Crippen molar-refractivity contribution in [1.82, 2.24) is 10.6 Å². The lowest BCUT2D eigenvalue weighted by Crippen LogP contribution is -2.38. The number of hydrogen-bond donors (Lipinski definition) is 2. The molecule has 1 fully saturated rings. The second-order valence-corrected chi connectivity index (χ2v) is 6.43. The van der Waals surface area contributed by atoms with Gasteiger partial charge in [-0.1, -0.05) is 22.0 Å². The van der Waals surface area contributed by atoms with E-state index in [1.165, 1.54) is 12.8 Å². The van der Waals surface area contributed by atoms with Gasteiger partial charge in [0.25, 0.3) is 5.91 Å². The van der Waals surface area contributed by atoms with Gasteiger partial charge >= 0.3 is 0 Å². The van der Waals surface area contributed by atoms with Gasteiger partial charge in [0, 0.05) is 11.0 Å². The fraction of sp³-hybridized carbons (Fsp3) is 0.562. The van der Waals surface area contributed by atoms with Crippen molar-refractivity contribution in [3.8, 4) is 5.75 Å². The summed E-state index contributed by atoms with van der Waals surface area (Å²) in [6.45, 7) is 4.69. The highest BCUT2D eigenvalue weighted by atomic mass is 79.9. The first-order valence-electron chi connectivity index (χ1n) is 7.56. The van der Waals surface area contributed by atoms with Gasteiger partial charge < -0.3 is 15.4 Å². The van der Waals surface area contributed by atoms with Gasteiger partial charge in [-0.15, -0.1) is 0 Å². The van der Waals surface area contributed by atoms with Crippen molar-refractivity contribution in [2.75, 3.05) is 19.6 Å². The van der Waals surface area contributed by atoms with Crippen LogP contribution < -0.4 is 15.4 Å². The number of hydrogen-bond acceptors (Lipinski definition) is 3. The summed E-state index contributed by atoms with van der Waals surface area (Å²) in [4.78, 5) is 12.0. The number of nitrogens with one attached hydrogen (secondary N) is 2. The Labute approximate surface area is 134 Å². The third-order valence-electron chi connectivity index (χ3n) is 3.73. The zero-order chi connectivity index (χ0) is 15.1. The Balaban J connectivity index is 1.69. The minimum absolute atomic E-state index is 0.0567. The maximum absolute atomic E-state index is 12.0. The van der Waals surface area contributed by atoms with Crippen LogP contribution in [-0.4, -0.2) is 31.6 Å². The van der Waals surface area contributed by atoms with Gasteiger partial charge in [-0.2, -0.15) is 0 Å². The largest absolute Gasteiger partial charge is 0.481 e. The van der Waals surface area contributed by atoms with E-state index < -0.39 is 6.10 Å². The van der Waals surface area contributed by atoms with E-state index in [-0.39, 0.29) is 5.91 Å². The van der Waals surface area contributed by atoms with Crippen molar-refractivity contribution in [1.29, 1.82) is 0 Å². The van der Waals surface area contributed by atoms with Gasteiger partial charge in [0.2, 0.25) is 0 Å². The lowest BCUT2D eigenvalue weighted by atomic mass is 9.96. The Morgan fingerprint density at radius 2 is 2.43 bits per heavy atom. The van der Waals surface area contributed by atoms with Crippen LogP contribution in [0.2, 0.25) is 0 Å². The molecule has 5 heteroatoms. The summed E-state index contributed by atoms with van der Waals surface area (Å²) in [7, 11) is 0. The van der Waals surface area contributed by atoms with Crippen molar-refractivity contribution >= 4 is 21.8 Å².